The summed E-state index contributed by atoms with van der Waals surface area (Å²) in [5.74, 6) is 0.594. The highest BCUT2D eigenvalue weighted by molar-refractivity contribution is 6.15. The van der Waals surface area contributed by atoms with E-state index in [0.29, 0.717) is 11.8 Å². The summed E-state index contributed by atoms with van der Waals surface area (Å²) in [5, 5.41) is 9.20. The number of hydrogen-bond donors (Lipinski definition) is 1. The van der Waals surface area contributed by atoms with Crippen molar-refractivity contribution in [2.45, 2.75) is 43.8 Å². The molecule has 74 valence electrons. The highest BCUT2D eigenvalue weighted by Crippen LogP contribution is 2.67. The molecular formula is C11H15BO2. The van der Waals surface area contributed by atoms with Crippen LogP contribution in [0, 0.1) is 17.3 Å². The maximum absolute atomic E-state index is 11.3. The standard InChI is InChI=1S/C11H15BO2/c12-11-4-7-1-8(5-11)3-10(2-7,6-11)9(13)14/h7-8H,1-6H2,(H,13,14). The van der Waals surface area contributed by atoms with Crippen LogP contribution in [0.15, 0.2) is 0 Å². The average molecular weight is 190 g/mol. The van der Waals surface area contributed by atoms with Gasteiger partial charge in [-0.15, -0.1) is 0 Å². The van der Waals surface area contributed by atoms with Crippen LogP contribution < -0.4 is 0 Å². The van der Waals surface area contributed by atoms with E-state index in [1.807, 2.05) is 0 Å². The van der Waals surface area contributed by atoms with Gasteiger partial charge in [0.1, 0.15) is 0 Å². The summed E-state index contributed by atoms with van der Waals surface area (Å²) in [6.07, 6.45) is 5.86. The van der Waals surface area contributed by atoms with Gasteiger partial charge in [0, 0.05) is 0 Å². The number of carboxylic acids is 1. The van der Waals surface area contributed by atoms with Crippen LogP contribution in [0.4, 0.5) is 0 Å². The Morgan fingerprint density at radius 2 is 1.79 bits per heavy atom. The van der Waals surface area contributed by atoms with Crippen molar-refractivity contribution in [3.8, 4) is 0 Å². The SMILES string of the molecule is [B]C12CC3CC(C1)CC(C(=O)O)(C3)C2. The molecule has 0 heterocycles. The molecule has 4 fully saturated rings. The molecule has 1 N–H and O–H groups in total. The van der Waals surface area contributed by atoms with Gasteiger partial charge in [-0.05, 0) is 37.5 Å². The second-order valence-electron chi connectivity index (χ2n) is 5.91. The van der Waals surface area contributed by atoms with Gasteiger partial charge in [-0.1, -0.05) is 18.2 Å². The van der Waals surface area contributed by atoms with Crippen molar-refractivity contribution in [3.63, 3.8) is 0 Å². The summed E-state index contributed by atoms with van der Waals surface area (Å²) < 4.78 is 0. The topological polar surface area (TPSA) is 37.3 Å². The molecule has 0 spiro atoms. The second-order valence-corrected chi connectivity index (χ2v) is 5.91. The van der Waals surface area contributed by atoms with Gasteiger partial charge >= 0.3 is 5.97 Å². The van der Waals surface area contributed by atoms with E-state index in [1.54, 1.807) is 0 Å². The Balaban J connectivity index is 2.00. The Hall–Kier alpha value is -0.465. The lowest BCUT2D eigenvalue weighted by molar-refractivity contribution is -0.163. The minimum Gasteiger partial charge on any atom is -0.481 e. The molecule has 2 unspecified atom stereocenters. The van der Waals surface area contributed by atoms with Crippen molar-refractivity contribution >= 4 is 13.8 Å². The van der Waals surface area contributed by atoms with Crippen molar-refractivity contribution in [2.75, 3.05) is 0 Å². The third-order valence-electron chi connectivity index (χ3n) is 4.56. The summed E-state index contributed by atoms with van der Waals surface area (Å²) in [5.41, 5.74) is -0.446. The lowest BCUT2D eigenvalue weighted by Gasteiger charge is -2.60. The predicted molar refractivity (Wildman–Crippen MR) is 53.2 cm³/mol. The van der Waals surface area contributed by atoms with Gasteiger partial charge in [-0.25, -0.2) is 0 Å². The van der Waals surface area contributed by atoms with Crippen LogP contribution in [-0.2, 0) is 4.79 Å². The Kier molecular flexibility index (Phi) is 1.49. The molecule has 0 amide bonds. The van der Waals surface area contributed by atoms with Gasteiger partial charge in [0.05, 0.1) is 13.3 Å². The van der Waals surface area contributed by atoms with E-state index < -0.39 is 11.4 Å². The highest BCUT2D eigenvalue weighted by Gasteiger charge is 2.58. The quantitative estimate of drug-likeness (QED) is 0.642. The molecular weight excluding hydrogens is 175 g/mol. The van der Waals surface area contributed by atoms with Crippen LogP contribution in [-0.4, -0.2) is 18.9 Å². The van der Waals surface area contributed by atoms with Crippen LogP contribution in [0.25, 0.3) is 0 Å². The summed E-state index contributed by atoms with van der Waals surface area (Å²) in [6, 6.07) is 0. The Morgan fingerprint density at radius 3 is 2.21 bits per heavy atom. The minimum atomic E-state index is -0.596. The van der Waals surface area contributed by atoms with Gasteiger partial charge < -0.3 is 5.11 Å². The molecule has 14 heavy (non-hydrogen) atoms. The zero-order valence-corrected chi connectivity index (χ0v) is 8.33. The van der Waals surface area contributed by atoms with E-state index in [0.717, 1.165) is 32.1 Å². The fraction of sp³-hybridized carbons (Fsp3) is 0.909. The molecule has 3 heteroatoms. The Labute approximate surface area is 85.5 Å². The molecule has 4 bridgehead atoms. The van der Waals surface area contributed by atoms with Gasteiger partial charge in [-0.2, -0.15) is 0 Å². The Morgan fingerprint density at radius 1 is 1.21 bits per heavy atom. The Bertz CT molecular complexity index is 286. The van der Waals surface area contributed by atoms with E-state index >= 15 is 0 Å². The lowest BCUT2D eigenvalue weighted by Crippen LogP contribution is -2.52. The number of carboxylic acid groups (broad SMARTS) is 1. The van der Waals surface area contributed by atoms with Gasteiger partial charge in [-0.3, -0.25) is 4.79 Å². The first-order chi connectivity index (χ1) is 6.51. The molecule has 0 saturated heterocycles. The van der Waals surface area contributed by atoms with Gasteiger partial charge in [0.2, 0.25) is 0 Å². The molecule has 0 aromatic heterocycles. The van der Waals surface area contributed by atoms with E-state index in [9.17, 15) is 9.90 Å². The third-order valence-corrected chi connectivity index (χ3v) is 4.56. The van der Waals surface area contributed by atoms with Gasteiger partial charge in [0.25, 0.3) is 0 Å². The number of carbonyl (C=O) groups is 1. The molecule has 2 atom stereocenters. The van der Waals surface area contributed by atoms with Crippen molar-refractivity contribution in [3.05, 3.63) is 0 Å². The van der Waals surface area contributed by atoms with Crippen LogP contribution in [0.2, 0.25) is 5.31 Å². The van der Waals surface area contributed by atoms with Crippen LogP contribution >= 0.6 is 0 Å². The second kappa shape index (κ2) is 2.37. The molecule has 4 aliphatic carbocycles. The third kappa shape index (κ3) is 1.01. The summed E-state index contributed by atoms with van der Waals surface area (Å²) >= 11 is 0. The van der Waals surface area contributed by atoms with Crippen molar-refractivity contribution in [1.29, 1.82) is 0 Å². The molecule has 2 radical (unpaired) electrons. The smallest absolute Gasteiger partial charge is 0.309 e. The molecule has 4 rings (SSSR count). The summed E-state index contributed by atoms with van der Waals surface area (Å²) in [6.45, 7) is 0. The van der Waals surface area contributed by atoms with Crippen molar-refractivity contribution in [2.24, 2.45) is 17.3 Å². The molecule has 4 aliphatic rings. The normalized spacial score (nSPS) is 54.9. The fourth-order valence-corrected chi connectivity index (χ4v) is 4.58. The number of hydrogen-bond acceptors (Lipinski definition) is 1. The van der Waals surface area contributed by atoms with Crippen LogP contribution in [0.1, 0.15) is 38.5 Å². The largest absolute Gasteiger partial charge is 0.481 e. The van der Waals surface area contributed by atoms with Crippen molar-refractivity contribution in [1.82, 2.24) is 0 Å². The zero-order chi connectivity index (χ0) is 9.97. The molecule has 0 aliphatic heterocycles. The van der Waals surface area contributed by atoms with E-state index in [-0.39, 0.29) is 5.31 Å². The molecule has 2 nitrogen and oxygen atoms in total. The predicted octanol–water partition coefficient (Wildman–Crippen LogP) is 2.00. The monoisotopic (exact) mass is 190 g/mol. The van der Waals surface area contributed by atoms with E-state index in [2.05, 4.69) is 0 Å². The molecule has 0 aromatic carbocycles. The van der Waals surface area contributed by atoms with Crippen LogP contribution in [0.3, 0.4) is 0 Å². The van der Waals surface area contributed by atoms with Gasteiger partial charge in [0.15, 0.2) is 0 Å². The maximum atomic E-state index is 11.3. The number of rotatable bonds is 1. The van der Waals surface area contributed by atoms with E-state index in [1.165, 1.54) is 6.42 Å². The maximum Gasteiger partial charge on any atom is 0.309 e. The zero-order valence-electron chi connectivity index (χ0n) is 8.33. The molecule has 4 saturated carbocycles. The summed E-state index contributed by atoms with van der Waals surface area (Å²) in [7, 11) is 6.28. The number of aliphatic carboxylic acids is 1. The first-order valence-electron chi connectivity index (χ1n) is 5.54. The minimum absolute atomic E-state index is 0.136. The first kappa shape index (κ1) is 8.81. The van der Waals surface area contributed by atoms with E-state index in [4.69, 9.17) is 7.85 Å². The summed E-state index contributed by atoms with van der Waals surface area (Å²) in [4.78, 5) is 11.3. The van der Waals surface area contributed by atoms with Crippen molar-refractivity contribution < 1.29 is 9.90 Å². The van der Waals surface area contributed by atoms with Crippen LogP contribution in [0.5, 0.6) is 0 Å². The highest BCUT2D eigenvalue weighted by atomic mass is 16.4. The lowest BCUT2D eigenvalue weighted by atomic mass is 9.39. The average Bonchev–Trinajstić information content (AvgIpc) is 1.98. The molecule has 0 aromatic rings. The first-order valence-corrected chi connectivity index (χ1v) is 5.54. The fourth-order valence-electron chi connectivity index (χ4n) is 4.58.